The molecule has 42 heteroatoms. The highest BCUT2D eigenvalue weighted by molar-refractivity contribution is 9.11. The number of rotatable bonds is 21. The second kappa shape index (κ2) is 32.4. The quantitative estimate of drug-likeness (QED) is 0.0330. The lowest BCUT2D eigenvalue weighted by atomic mass is 10.0. The maximum atomic E-state index is 15.6. The number of carbonyl (C=O) groups excluding carboxylic acids is 1. The van der Waals surface area contributed by atoms with Gasteiger partial charge in [0, 0.05) is 57.5 Å². The SMILES string of the molecule is C=CCC1(S(=O)(=O)C2C(=O)N(c3ccc(Br)cc3Cl)c3c2cc2snnc2c3F)CC1.C=CCC1(S(=O)(=O)Nc2cc3snnc3c(F)c2Cc2ccc(Br)cc2Cl)CC1.O=S(=O)(Nc1cc2snnc2c(F)c1Cc1ccc(Br)cc1Cl)C1(CC(O)CO)CC1.O=c1nc2cc3s[nH]nc3c(F)c2n1-c1ccc(Br)cc1Cl. The standard InChI is InChI=1S/C20H14BrClFN3O3S2.C19H18BrClFN3O4S2.C19H16BrClFN3O2S2.C13H5BrClFN4OS/c1-2-5-20(6-7-20)31(28,29)18-11-9-14-16(24-25-30-14)15(23)17(11)26(19(18)27)13-4-3-10(21)8-12(13)22;20-11-2-1-10(14(21)6-11)5-13-15(7-16-18(17(13)22)23-25-30-16)24-31(28,29)19(3-4-19)8-12(27)9-26;1-2-5-19(6-7-19)29(26,27)24-15-10-16-18(23-25-28-16)17(22)13(15)8-11-3-4-12(20)9-14(11)21;14-5-1-2-8(6(15)3-5)20-12-7(17-13(20)21)4-9-11(10(12)16)18-19-22-9/h2-4,8-9,18H,1,5-7H2;1-2,6-7,12,24,26-27H,3-5,8-9H2;2-4,9-10,24H,1,5-8H2;1-4,19H. The molecule has 2 unspecified atom stereocenters. The number of nitrogens with zero attached hydrogens (tertiary/aromatic N) is 10. The number of sulfone groups is 1. The molecule has 2 atom stereocenters. The first kappa shape index (κ1) is 82.9. The molecule has 0 saturated heterocycles. The number of hydrogen-bond acceptors (Lipinski definition) is 22. The van der Waals surface area contributed by atoms with Gasteiger partial charge in [-0.15, -0.1) is 28.5 Å². The van der Waals surface area contributed by atoms with Crippen LogP contribution in [0.3, 0.4) is 0 Å². The fourth-order valence-electron chi connectivity index (χ4n) is 13.3. The van der Waals surface area contributed by atoms with Crippen molar-refractivity contribution in [3.63, 3.8) is 0 Å². The predicted octanol–water partition coefficient (Wildman–Crippen LogP) is 18.9. The van der Waals surface area contributed by atoms with E-state index in [1.807, 2.05) is 0 Å². The Morgan fingerprint density at radius 2 is 1.04 bits per heavy atom. The third-order valence-electron chi connectivity index (χ3n) is 19.6. The highest BCUT2D eigenvalue weighted by Gasteiger charge is 2.62. The Hall–Kier alpha value is -6.57. The Bertz CT molecular complexity index is 6510. The molecule has 0 bridgehead atoms. The van der Waals surface area contributed by atoms with Gasteiger partial charge in [-0.25, -0.2) is 52.1 Å². The monoisotopic (exact) mass is 2000 g/mol. The zero-order valence-corrected chi connectivity index (χ0v) is 72.6. The fraction of sp³-hybridized carbons (Fsp3) is 0.239. The van der Waals surface area contributed by atoms with Crippen molar-refractivity contribution in [2.24, 2.45) is 0 Å². The summed E-state index contributed by atoms with van der Waals surface area (Å²) < 4.78 is 163. The molecule has 0 spiro atoms. The van der Waals surface area contributed by atoms with Gasteiger partial charge in [-0.1, -0.05) is 148 Å². The number of halogens is 12. The van der Waals surface area contributed by atoms with E-state index in [2.05, 4.69) is 130 Å². The number of imidazole rings is 1. The molecule has 3 saturated carbocycles. The molecule has 0 radical (unpaired) electrons. The van der Waals surface area contributed by atoms with Crippen molar-refractivity contribution >= 4 is 267 Å². The fourth-order valence-corrected chi connectivity index (χ4v) is 24.5. The van der Waals surface area contributed by atoms with Crippen LogP contribution in [0.25, 0.3) is 57.6 Å². The molecule has 1 aliphatic heterocycles. The second-order valence-electron chi connectivity index (χ2n) is 26.8. The third-order valence-corrected chi connectivity index (χ3v) is 32.9. The van der Waals surface area contributed by atoms with Crippen LogP contribution >= 0.6 is 156 Å². The van der Waals surface area contributed by atoms with E-state index < -0.39 is 97.0 Å². The summed E-state index contributed by atoms with van der Waals surface area (Å²) in [5, 5.41) is 34.1. The molecule has 5 N–H and O–H groups in total. The molecule has 113 heavy (non-hydrogen) atoms. The van der Waals surface area contributed by atoms with Crippen molar-refractivity contribution in [1.82, 2.24) is 47.9 Å². The highest BCUT2D eigenvalue weighted by atomic mass is 79.9. The first-order valence-corrected chi connectivity index (χ1v) is 45.8. The molecule has 5 aromatic heterocycles. The van der Waals surface area contributed by atoms with Crippen LogP contribution in [-0.4, -0.2) is 116 Å². The van der Waals surface area contributed by atoms with Gasteiger partial charge in [0.1, 0.15) is 27.6 Å². The van der Waals surface area contributed by atoms with Crippen LogP contribution in [0.15, 0.2) is 145 Å². The number of aromatic amines is 1. The van der Waals surface area contributed by atoms with E-state index in [1.165, 1.54) is 23.7 Å². The van der Waals surface area contributed by atoms with Gasteiger partial charge in [-0.3, -0.25) is 23.7 Å². The molecule has 17 rings (SSSR count). The minimum absolute atomic E-state index is 0.0138. The Kier molecular flexibility index (Phi) is 23.8. The molecule has 8 aromatic carbocycles. The number of aliphatic hydroxyl groups excluding tert-OH is 2. The molecule has 3 aliphatic carbocycles. The summed E-state index contributed by atoms with van der Waals surface area (Å²) in [6.45, 7) is 6.79. The zero-order chi connectivity index (χ0) is 80.8. The van der Waals surface area contributed by atoms with Crippen molar-refractivity contribution in [2.45, 2.75) is 96.2 Å². The first-order chi connectivity index (χ1) is 53.7. The Balaban J connectivity index is 0.000000126. The van der Waals surface area contributed by atoms with Crippen LogP contribution in [0.2, 0.25) is 20.1 Å². The van der Waals surface area contributed by atoms with Gasteiger partial charge in [0.25, 0.3) is 5.91 Å². The summed E-state index contributed by atoms with van der Waals surface area (Å²) in [6.07, 6.45) is 5.31. The van der Waals surface area contributed by atoms with Gasteiger partial charge in [0.15, 0.2) is 38.4 Å². The minimum Gasteiger partial charge on any atom is -0.394 e. The second-order valence-corrected chi connectivity index (χ2v) is 41.8. The van der Waals surface area contributed by atoms with Crippen LogP contribution in [-0.2, 0) is 47.5 Å². The average Bonchev–Trinajstić information content (AvgIpc) is 1.53. The zero-order valence-electron chi connectivity index (χ0n) is 57.5. The highest BCUT2D eigenvalue weighted by Crippen LogP contribution is 2.58. The number of benzene rings is 8. The van der Waals surface area contributed by atoms with Crippen molar-refractivity contribution in [3.05, 3.63) is 222 Å². The molecular weight excluding hydrogens is 1960 g/mol. The molecule has 1 amide bonds. The lowest BCUT2D eigenvalue weighted by Crippen LogP contribution is -2.35. The van der Waals surface area contributed by atoms with Crippen molar-refractivity contribution < 1.29 is 57.8 Å². The molecule has 13 aromatic rings. The number of anilines is 4. The minimum atomic E-state index is -4.00. The van der Waals surface area contributed by atoms with Crippen LogP contribution < -0.4 is 20.0 Å². The lowest BCUT2D eigenvalue weighted by Gasteiger charge is -2.22. The molecule has 4 aliphatic rings. The molecule has 3 fully saturated rings. The number of H-pyrrole nitrogens is 1. The number of hydrogen-bond donors (Lipinski definition) is 5. The van der Waals surface area contributed by atoms with Crippen LogP contribution in [0.4, 0.5) is 40.3 Å². The number of carbonyl (C=O) groups is 1. The number of sulfonamides is 2. The third kappa shape index (κ3) is 15.9. The predicted molar refractivity (Wildman–Crippen MR) is 450 cm³/mol. The smallest absolute Gasteiger partial charge is 0.353 e. The number of amides is 1. The van der Waals surface area contributed by atoms with Gasteiger partial charge in [-0.2, -0.15) is 10.1 Å². The van der Waals surface area contributed by atoms with Crippen molar-refractivity contribution in [2.75, 3.05) is 21.0 Å². The average molecular weight is 2010 g/mol. The van der Waals surface area contributed by atoms with Crippen molar-refractivity contribution in [1.29, 1.82) is 0 Å². The normalized spacial score (nSPS) is 16.1. The number of nitrogens with one attached hydrogen (secondary N) is 3. The van der Waals surface area contributed by atoms with Crippen LogP contribution in [0, 0.1) is 23.3 Å². The number of allylic oxidation sites excluding steroid dienone is 2. The number of aliphatic hydroxyl groups is 2. The molecule has 588 valence electrons. The van der Waals surface area contributed by atoms with Crippen LogP contribution in [0.5, 0.6) is 0 Å². The van der Waals surface area contributed by atoms with E-state index in [-0.39, 0.29) is 103 Å². The summed E-state index contributed by atoms with van der Waals surface area (Å²) in [7, 11) is -11.7. The van der Waals surface area contributed by atoms with Crippen molar-refractivity contribution in [3.8, 4) is 5.69 Å². The molecule has 23 nitrogen and oxygen atoms in total. The summed E-state index contributed by atoms with van der Waals surface area (Å²) in [6, 6.07) is 26.4. The van der Waals surface area contributed by atoms with E-state index in [1.54, 1.807) is 97.1 Å². The van der Waals surface area contributed by atoms with Gasteiger partial charge in [0.2, 0.25) is 20.0 Å². The first-order valence-electron chi connectivity index (χ1n) is 33.5. The van der Waals surface area contributed by atoms with E-state index in [9.17, 15) is 44.3 Å². The maximum absolute atomic E-state index is 15.6. The Morgan fingerprint density at radius 1 is 0.584 bits per heavy atom. The van der Waals surface area contributed by atoms with E-state index in [0.717, 1.165) is 57.5 Å². The summed E-state index contributed by atoms with van der Waals surface area (Å²) in [4.78, 5) is 30.8. The molecular formula is C71H53Br4Cl4F4N13O10S7. The molecule has 6 heterocycles. The van der Waals surface area contributed by atoms with Gasteiger partial charge < -0.3 is 10.2 Å². The summed E-state index contributed by atoms with van der Waals surface area (Å²) in [5.74, 6) is -3.40. The van der Waals surface area contributed by atoms with Gasteiger partial charge >= 0.3 is 5.69 Å². The van der Waals surface area contributed by atoms with E-state index >= 15 is 13.2 Å². The number of fused-ring (bicyclic) bond motifs is 6. The largest absolute Gasteiger partial charge is 0.394 e. The maximum Gasteiger partial charge on any atom is 0.353 e. The van der Waals surface area contributed by atoms with E-state index in [4.69, 9.17) is 51.5 Å². The summed E-state index contributed by atoms with van der Waals surface area (Å²) >= 11 is 42.5. The van der Waals surface area contributed by atoms with E-state index in [0.29, 0.717) is 100 Å². The Labute approximate surface area is 710 Å². The van der Waals surface area contributed by atoms with Gasteiger partial charge in [0.05, 0.1) is 89.8 Å². The Morgan fingerprint density at radius 3 is 1.50 bits per heavy atom. The van der Waals surface area contributed by atoms with Gasteiger partial charge in [-0.05, 0) is 200 Å². The number of aromatic nitrogens is 10. The topological polar surface area (TPSA) is 328 Å². The van der Waals surface area contributed by atoms with Crippen LogP contribution in [0.1, 0.15) is 90.9 Å². The summed E-state index contributed by atoms with van der Waals surface area (Å²) in [5.41, 5.74) is 2.47. The lowest BCUT2D eigenvalue weighted by molar-refractivity contribution is -0.117.